The van der Waals surface area contributed by atoms with Crippen LogP contribution in [0, 0.1) is 35.0 Å². The molecule has 0 radical (unpaired) electrons. The van der Waals surface area contributed by atoms with Crippen LogP contribution in [0.4, 0.5) is 0 Å². The van der Waals surface area contributed by atoms with Gasteiger partial charge in [0.15, 0.2) is 0 Å². The van der Waals surface area contributed by atoms with Crippen LogP contribution in [0.1, 0.15) is 74.1 Å². The van der Waals surface area contributed by atoms with Gasteiger partial charge in [-0.15, -0.1) is 0 Å². The van der Waals surface area contributed by atoms with E-state index in [1.165, 1.54) is 25.7 Å². The van der Waals surface area contributed by atoms with Crippen molar-refractivity contribution in [2.75, 3.05) is 0 Å². The molecule has 0 aromatic heterocycles. The predicted molar refractivity (Wildman–Crippen MR) is 78.1 cm³/mol. The molecular weight excluding hydrogens is 204 g/mol. The minimum Gasteiger partial charge on any atom is -0.0625 e. The molecule has 0 heterocycles. The average molecular weight is 238 g/mol. The molecule has 0 heteroatoms. The van der Waals surface area contributed by atoms with Crippen LogP contribution in [0.2, 0.25) is 0 Å². The molecule has 2 unspecified atom stereocenters. The van der Waals surface area contributed by atoms with Crippen LogP contribution in [0.3, 0.4) is 0 Å². The maximum absolute atomic E-state index is 2.52. The van der Waals surface area contributed by atoms with Crippen molar-refractivity contribution in [1.82, 2.24) is 0 Å². The Morgan fingerprint density at radius 2 is 1.35 bits per heavy atom. The van der Waals surface area contributed by atoms with Crippen LogP contribution in [0.15, 0.2) is 0 Å². The van der Waals surface area contributed by atoms with E-state index in [0.717, 1.165) is 29.6 Å². The fourth-order valence-electron chi connectivity index (χ4n) is 4.50. The van der Waals surface area contributed by atoms with Crippen molar-refractivity contribution in [2.45, 2.75) is 74.1 Å². The Labute approximate surface area is 110 Å². The van der Waals surface area contributed by atoms with E-state index in [1.807, 2.05) is 0 Å². The second-order valence-electron chi connectivity index (χ2n) is 8.01. The standard InChI is InChI=1S/C17H34/c1-12(2)16(17(5,6)7)14(4)15-10-8-13(3)9-11-15/h12-16H,8-11H2,1-7H3. The molecule has 1 aliphatic rings. The first-order valence-corrected chi connectivity index (χ1v) is 7.73. The zero-order valence-electron chi connectivity index (χ0n) is 13.2. The molecule has 17 heavy (non-hydrogen) atoms. The summed E-state index contributed by atoms with van der Waals surface area (Å²) in [5.74, 6) is 4.52. The maximum atomic E-state index is 2.52. The van der Waals surface area contributed by atoms with E-state index in [2.05, 4.69) is 48.5 Å². The Hall–Kier alpha value is 0. The molecule has 2 atom stereocenters. The van der Waals surface area contributed by atoms with Gasteiger partial charge in [-0.2, -0.15) is 0 Å². The second kappa shape index (κ2) is 5.76. The summed E-state index contributed by atoms with van der Waals surface area (Å²) in [5, 5.41) is 0. The molecule has 0 spiro atoms. The van der Waals surface area contributed by atoms with Gasteiger partial charge in [-0.3, -0.25) is 0 Å². The van der Waals surface area contributed by atoms with Gasteiger partial charge >= 0.3 is 0 Å². The first-order chi connectivity index (χ1) is 7.73. The Bertz CT molecular complexity index is 213. The van der Waals surface area contributed by atoms with E-state index in [-0.39, 0.29) is 0 Å². The van der Waals surface area contributed by atoms with Gasteiger partial charge in [0.25, 0.3) is 0 Å². The van der Waals surface area contributed by atoms with Crippen LogP contribution >= 0.6 is 0 Å². The largest absolute Gasteiger partial charge is 0.0625 e. The third-order valence-electron chi connectivity index (χ3n) is 5.09. The lowest BCUT2D eigenvalue weighted by molar-refractivity contribution is 0.0582. The van der Waals surface area contributed by atoms with Crippen molar-refractivity contribution >= 4 is 0 Å². The molecule has 0 aromatic carbocycles. The molecule has 0 aliphatic heterocycles. The third-order valence-corrected chi connectivity index (χ3v) is 5.09. The van der Waals surface area contributed by atoms with Crippen molar-refractivity contribution in [3.05, 3.63) is 0 Å². The monoisotopic (exact) mass is 238 g/mol. The minimum absolute atomic E-state index is 0.455. The third kappa shape index (κ3) is 4.00. The lowest BCUT2D eigenvalue weighted by Crippen LogP contribution is -2.36. The highest BCUT2D eigenvalue weighted by Gasteiger charge is 2.36. The molecule has 1 rings (SSSR count). The smallest absolute Gasteiger partial charge is 0.0314 e. The van der Waals surface area contributed by atoms with Crippen molar-refractivity contribution in [3.63, 3.8) is 0 Å². The van der Waals surface area contributed by atoms with Gasteiger partial charge in [0.1, 0.15) is 0 Å². The van der Waals surface area contributed by atoms with Crippen LogP contribution in [-0.4, -0.2) is 0 Å². The molecule has 1 fully saturated rings. The first kappa shape index (κ1) is 15.1. The zero-order valence-corrected chi connectivity index (χ0v) is 13.2. The van der Waals surface area contributed by atoms with E-state index in [0.29, 0.717) is 5.41 Å². The average Bonchev–Trinajstić information content (AvgIpc) is 2.15. The fraction of sp³-hybridized carbons (Fsp3) is 1.00. The van der Waals surface area contributed by atoms with Gasteiger partial charge in [-0.25, -0.2) is 0 Å². The predicted octanol–water partition coefficient (Wildman–Crippen LogP) is 5.77. The van der Waals surface area contributed by atoms with Gasteiger partial charge in [-0.05, 0) is 47.8 Å². The Morgan fingerprint density at radius 3 is 1.71 bits per heavy atom. The Kier molecular flexibility index (Phi) is 5.10. The summed E-state index contributed by atoms with van der Waals surface area (Å²) in [4.78, 5) is 0. The molecule has 0 bridgehead atoms. The van der Waals surface area contributed by atoms with Gasteiger partial charge in [-0.1, -0.05) is 61.3 Å². The molecule has 0 saturated heterocycles. The van der Waals surface area contributed by atoms with Crippen LogP contribution in [0.5, 0.6) is 0 Å². The summed E-state index contributed by atoms with van der Waals surface area (Å²) in [6, 6.07) is 0. The van der Waals surface area contributed by atoms with Gasteiger partial charge in [0.2, 0.25) is 0 Å². The highest BCUT2D eigenvalue weighted by molar-refractivity contribution is 4.86. The number of hydrogen-bond donors (Lipinski definition) is 0. The fourth-order valence-corrected chi connectivity index (χ4v) is 4.50. The van der Waals surface area contributed by atoms with Crippen LogP contribution in [-0.2, 0) is 0 Å². The first-order valence-electron chi connectivity index (χ1n) is 7.73. The maximum Gasteiger partial charge on any atom is -0.0314 e. The Morgan fingerprint density at radius 1 is 0.882 bits per heavy atom. The molecule has 1 aliphatic carbocycles. The topological polar surface area (TPSA) is 0 Å². The second-order valence-corrected chi connectivity index (χ2v) is 8.01. The van der Waals surface area contributed by atoms with Crippen LogP contribution < -0.4 is 0 Å². The van der Waals surface area contributed by atoms with Gasteiger partial charge < -0.3 is 0 Å². The summed E-state index contributed by atoms with van der Waals surface area (Å²) in [6.45, 7) is 17.1. The van der Waals surface area contributed by atoms with Crippen molar-refractivity contribution in [3.8, 4) is 0 Å². The van der Waals surface area contributed by atoms with Gasteiger partial charge in [0, 0.05) is 0 Å². The number of hydrogen-bond acceptors (Lipinski definition) is 0. The summed E-state index contributed by atoms with van der Waals surface area (Å²) in [7, 11) is 0. The molecule has 102 valence electrons. The van der Waals surface area contributed by atoms with Crippen molar-refractivity contribution in [2.24, 2.45) is 35.0 Å². The lowest BCUT2D eigenvalue weighted by atomic mass is 9.62. The Balaban J connectivity index is 2.68. The SMILES string of the molecule is CC1CCC(C(C)C(C(C)C)C(C)(C)C)CC1. The van der Waals surface area contributed by atoms with Crippen molar-refractivity contribution < 1.29 is 0 Å². The van der Waals surface area contributed by atoms with E-state index in [9.17, 15) is 0 Å². The van der Waals surface area contributed by atoms with Crippen LogP contribution in [0.25, 0.3) is 0 Å². The van der Waals surface area contributed by atoms with Gasteiger partial charge in [0.05, 0.1) is 0 Å². The quantitative estimate of drug-likeness (QED) is 0.586. The highest BCUT2D eigenvalue weighted by Crippen LogP contribution is 2.45. The summed E-state index contributed by atoms with van der Waals surface area (Å²) in [5.41, 5.74) is 0.455. The molecule has 0 amide bonds. The zero-order chi connectivity index (χ0) is 13.2. The molecule has 0 N–H and O–H groups in total. The summed E-state index contributed by atoms with van der Waals surface area (Å²) < 4.78 is 0. The molecule has 1 saturated carbocycles. The summed E-state index contributed by atoms with van der Waals surface area (Å²) >= 11 is 0. The van der Waals surface area contributed by atoms with E-state index in [1.54, 1.807) is 0 Å². The molecule has 0 nitrogen and oxygen atoms in total. The number of rotatable bonds is 3. The minimum atomic E-state index is 0.455. The molecular formula is C17H34. The highest BCUT2D eigenvalue weighted by atomic mass is 14.4. The summed E-state index contributed by atoms with van der Waals surface area (Å²) in [6.07, 6.45) is 5.87. The van der Waals surface area contributed by atoms with E-state index >= 15 is 0 Å². The van der Waals surface area contributed by atoms with E-state index < -0.39 is 0 Å². The normalized spacial score (nSPS) is 30.4. The van der Waals surface area contributed by atoms with Crippen molar-refractivity contribution in [1.29, 1.82) is 0 Å². The molecule has 0 aromatic rings. The van der Waals surface area contributed by atoms with E-state index in [4.69, 9.17) is 0 Å². The lowest BCUT2D eigenvalue weighted by Gasteiger charge is -2.43.